The number of rotatable bonds is 5. The molecule has 0 atom stereocenters. The number of piperidine rings is 1. The summed E-state index contributed by atoms with van der Waals surface area (Å²) in [5, 5.41) is 2.73. The Morgan fingerprint density at radius 2 is 1.93 bits per heavy atom. The maximum atomic E-state index is 12.9. The number of aryl methyl sites for hydroxylation is 1. The lowest BCUT2D eigenvalue weighted by atomic mass is 9.97. The number of halogens is 1. The molecule has 0 spiro atoms. The molecular formula is C17H22FN5O3S. The Balaban J connectivity index is 1.46. The number of carbonyl (C=O) groups excluding carboxylic acids is 1. The molecular weight excluding hydrogens is 373 g/mol. The Kier molecular flexibility index (Phi) is 5.76. The van der Waals surface area contributed by atoms with Crippen molar-refractivity contribution in [1.82, 2.24) is 19.2 Å². The molecule has 1 aliphatic heterocycles. The van der Waals surface area contributed by atoms with Crippen molar-refractivity contribution < 1.29 is 17.6 Å². The number of likely N-dealkylation sites (tertiary alicyclic amines) is 1. The van der Waals surface area contributed by atoms with Crippen molar-refractivity contribution >= 4 is 21.7 Å². The summed E-state index contributed by atoms with van der Waals surface area (Å²) in [5.41, 5.74) is 0.534. The third kappa shape index (κ3) is 5.04. The first-order valence-corrected chi connectivity index (χ1v) is 10.1. The predicted octanol–water partition coefficient (Wildman–Crippen LogP) is 1.78. The summed E-state index contributed by atoms with van der Waals surface area (Å²) < 4.78 is 41.5. The number of carbonyl (C=O) groups is 1. The van der Waals surface area contributed by atoms with Crippen LogP contribution >= 0.6 is 0 Å². The van der Waals surface area contributed by atoms with Crippen LogP contribution in [0.2, 0.25) is 0 Å². The molecule has 8 nitrogen and oxygen atoms in total. The lowest BCUT2D eigenvalue weighted by Crippen LogP contribution is -2.43. The van der Waals surface area contributed by atoms with Crippen LogP contribution in [0.3, 0.4) is 0 Å². The molecule has 146 valence electrons. The molecule has 2 heterocycles. The minimum Gasteiger partial charge on any atom is -0.339 e. The van der Waals surface area contributed by atoms with Crippen molar-refractivity contribution in [2.45, 2.75) is 17.9 Å². The second kappa shape index (κ2) is 8.05. The topological polar surface area (TPSA) is 96.3 Å². The van der Waals surface area contributed by atoms with Gasteiger partial charge in [-0.3, -0.25) is 0 Å². The summed E-state index contributed by atoms with van der Waals surface area (Å²) in [6.45, 7) is 1.37. The number of nitrogens with one attached hydrogen (secondary N) is 2. The van der Waals surface area contributed by atoms with Gasteiger partial charge in [0, 0.05) is 38.6 Å². The van der Waals surface area contributed by atoms with Crippen molar-refractivity contribution in [2.75, 3.05) is 25.0 Å². The smallest absolute Gasteiger partial charge is 0.321 e. The number of aromatic nitrogens is 2. The third-order valence-corrected chi connectivity index (χ3v) is 5.82. The normalized spacial score (nSPS) is 15.7. The van der Waals surface area contributed by atoms with E-state index in [1.54, 1.807) is 16.5 Å². The van der Waals surface area contributed by atoms with Crippen LogP contribution in [-0.2, 0) is 17.1 Å². The minimum absolute atomic E-state index is 0.00103. The van der Waals surface area contributed by atoms with E-state index < -0.39 is 10.0 Å². The number of nitrogens with zero attached hydrogens (tertiary/aromatic N) is 3. The highest BCUT2D eigenvalue weighted by Gasteiger charge is 2.25. The van der Waals surface area contributed by atoms with Crippen molar-refractivity contribution in [3.63, 3.8) is 0 Å². The molecule has 2 amide bonds. The molecule has 0 bridgehead atoms. The number of amides is 2. The Morgan fingerprint density at radius 3 is 2.52 bits per heavy atom. The van der Waals surface area contributed by atoms with Gasteiger partial charge in [0.05, 0.1) is 6.33 Å². The maximum absolute atomic E-state index is 12.9. The van der Waals surface area contributed by atoms with Crippen LogP contribution in [0, 0.1) is 11.7 Å². The van der Waals surface area contributed by atoms with E-state index in [1.165, 1.54) is 36.8 Å². The van der Waals surface area contributed by atoms with Crippen molar-refractivity contribution in [3.8, 4) is 0 Å². The molecule has 1 aromatic carbocycles. The summed E-state index contributed by atoms with van der Waals surface area (Å²) in [6, 6.07) is 5.35. The number of anilines is 1. The van der Waals surface area contributed by atoms with Gasteiger partial charge in [-0.25, -0.2) is 27.3 Å². The molecule has 1 saturated heterocycles. The van der Waals surface area contributed by atoms with E-state index in [1.807, 2.05) is 0 Å². The van der Waals surface area contributed by atoms with Crippen LogP contribution in [0.1, 0.15) is 12.8 Å². The molecule has 1 aromatic heterocycles. The van der Waals surface area contributed by atoms with Gasteiger partial charge in [-0.15, -0.1) is 0 Å². The first-order valence-electron chi connectivity index (χ1n) is 8.62. The zero-order chi connectivity index (χ0) is 19.4. The zero-order valence-electron chi connectivity index (χ0n) is 14.9. The quantitative estimate of drug-likeness (QED) is 0.807. The van der Waals surface area contributed by atoms with Crippen LogP contribution < -0.4 is 10.0 Å². The zero-order valence-corrected chi connectivity index (χ0v) is 15.7. The Labute approximate surface area is 157 Å². The largest absolute Gasteiger partial charge is 0.339 e. The van der Waals surface area contributed by atoms with Crippen LogP contribution in [0.25, 0.3) is 0 Å². The Bertz CT molecular complexity index is 890. The van der Waals surface area contributed by atoms with Crippen molar-refractivity contribution in [3.05, 3.63) is 42.6 Å². The van der Waals surface area contributed by atoms with E-state index in [-0.39, 0.29) is 22.8 Å². The summed E-state index contributed by atoms with van der Waals surface area (Å²) in [6.07, 6.45) is 4.28. The standard InChI is InChI=1S/C17H22FN5O3S/c1-22-11-16(19-12-22)27(25,26)20-10-13-6-8-23(9-7-13)17(24)21-15-4-2-14(18)3-5-15/h2-5,11-13,20H,6-10H2,1H3,(H,21,24). The fourth-order valence-electron chi connectivity index (χ4n) is 2.91. The van der Waals surface area contributed by atoms with Crippen LogP contribution in [0.5, 0.6) is 0 Å². The number of hydrogen-bond donors (Lipinski definition) is 2. The van der Waals surface area contributed by atoms with Gasteiger partial charge in [0.2, 0.25) is 0 Å². The van der Waals surface area contributed by atoms with Gasteiger partial charge in [-0.1, -0.05) is 0 Å². The van der Waals surface area contributed by atoms with Crippen LogP contribution in [0.15, 0.2) is 41.8 Å². The molecule has 10 heteroatoms. The third-order valence-electron chi connectivity index (χ3n) is 4.52. The van der Waals surface area contributed by atoms with Gasteiger partial charge in [-0.2, -0.15) is 0 Å². The number of urea groups is 1. The van der Waals surface area contributed by atoms with E-state index in [0.29, 0.717) is 38.2 Å². The first kappa shape index (κ1) is 19.3. The highest BCUT2D eigenvalue weighted by molar-refractivity contribution is 7.89. The molecule has 2 N–H and O–H groups in total. The van der Waals surface area contributed by atoms with Crippen molar-refractivity contribution in [1.29, 1.82) is 0 Å². The van der Waals surface area contributed by atoms with E-state index in [2.05, 4.69) is 15.0 Å². The van der Waals surface area contributed by atoms with Gasteiger partial charge < -0.3 is 14.8 Å². The van der Waals surface area contributed by atoms with E-state index >= 15 is 0 Å². The monoisotopic (exact) mass is 395 g/mol. The summed E-state index contributed by atoms with van der Waals surface area (Å²) in [5.74, 6) is -0.208. The molecule has 0 radical (unpaired) electrons. The lowest BCUT2D eigenvalue weighted by Gasteiger charge is -2.32. The summed E-state index contributed by atoms with van der Waals surface area (Å²) in [4.78, 5) is 17.8. The van der Waals surface area contributed by atoms with Gasteiger partial charge in [0.1, 0.15) is 5.82 Å². The van der Waals surface area contributed by atoms with Crippen LogP contribution in [-0.4, -0.2) is 48.5 Å². The second-order valence-electron chi connectivity index (χ2n) is 6.60. The van der Waals surface area contributed by atoms with Gasteiger partial charge in [0.25, 0.3) is 10.0 Å². The second-order valence-corrected chi connectivity index (χ2v) is 8.31. The van der Waals surface area contributed by atoms with E-state index in [9.17, 15) is 17.6 Å². The molecule has 2 aromatic rings. The van der Waals surface area contributed by atoms with Crippen molar-refractivity contribution in [2.24, 2.45) is 13.0 Å². The lowest BCUT2D eigenvalue weighted by molar-refractivity contribution is 0.183. The molecule has 27 heavy (non-hydrogen) atoms. The Morgan fingerprint density at radius 1 is 1.26 bits per heavy atom. The molecule has 0 saturated carbocycles. The highest BCUT2D eigenvalue weighted by Crippen LogP contribution is 2.18. The first-order chi connectivity index (χ1) is 12.8. The summed E-state index contributed by atoms with van der Waals surface area (Å²) in [7, 11) is -1.91. The fourth-order valence-corrected chi connectivity index (χ4v) is 4.00. The summed E-state index contributed by atoms with van der Waals surface area (Å²) >= 11 is 0. The average Bonchev–Trinajstić information content (AvgIpc) is 3.10. The fraction of sp³-hybridized carbons (Fsp3) is 0.412. The molecule has 3 rings (SSSR count). The maximum Gasteiger partial charge on any atom is 0.321 e. The number of benzene rings is 1. The molecule has 1 aliphatic rings. The SMILES string of the molecule is Cn1cnc(S(=O)(=O)NCC2CCN(C(=O)Nc3ccc(F)cc3)CC2)c1. The molecule has 1 fully saturated rings. The van der Waals surface area contributed by atoms with Crippen LogP contribution in [0.4, 0.5) is 14.9 Å². The van der Waals surface area contributed by atoms with Gasteiger partial charge in [0.15, 0.2) is 5.03 Å². The van der Waals surface area contributed by atoms with Gasteiger partial charge >= 0.3 is 6.03 Å². The van der Waals surface area contributed by atoms with E-state index in [4.69, 9.17) is 0 Å². The predicted molar refractivity (Wildman–Crippen MR) is 98.1 cm³/mol. The number of imidazole rings is 1. The molecule has 0 unspecified atom stereocenters. The van der Waals surface area contributed by atoms with E-state index in [0.717, 1.165) is 0 Å². The number of sulfonamides is 1. The van der Waals surface area contributed by atoms with Gasteiger partial charge in [-0.05, 0) is 43.0 Å². The Hall–Kier alpha value is -2.46. The number of hydrogen-bond acceptors (Lipinski definition) is 4. The molecule has 0 aliphatic carbocycles. The highest BCUT2D eigenvalue weighted by atomic mass is 32.2. The minimum atomic E-state index is -3.62. The average molecular weight is 395 g/mol.